The monoisotopic (exact) mass is 574 g/mol. The number of aliphatic hydroxyl groups is 1. The molecular weight excluding hydrogens is 536 g/mol. The molecule has 0 aromatic carbocycles. The Morgan fingerprint density at radius 1 is 1.00 bits per heavy atom. The van der Waals surface area contributed by atoms with E-state index in [4.69, 9.17) is 28.4 Å². The van der Waals surface area contributed by atoms with E-state index in [1.54, 1.807) is 0 Å². The van der Waals surface area contributed by atoms with Gasteiger partial charge in [-0.2, -0.15) is 0 Å². The fourth-order valence-corrected chi connectivity index (χ4v) is 5.06. The minimum atomic E-state index is -2.33. The number of methoxy groups -OCH3 is 2. The van der Waals surface area contributed by atoms with Gasteiger partial charge >= 0.3 is 23.9 Å². The van der Waals surface area contributed by atoms with E-state index in [-0.39, 0.29) is 5.91 Å². The van der Waals surface area contributed by atoms with Crippen LogP contribution in [0.15, 0.2) is 0 Å². The Bertz CT molecular complexity index is 972. The summed E-state index contributed by atoms with van der Waals surface area (Å²) in [5.74, 6) is -4.90. The molecule has 0 spiro atoms. The van der Waals surface area contributed by atoms with Gasteiger partial charge in [0.1, 0.15) is 12.2 Å². The Hall–Kier alpha value is -3.30. The summed E-state index contributed by atoms with van der Waals surface area (Å²) < 4.78 is 31.6. The second kappa shape index (κ2) is 14.4. The minimum Gasteiger partial charge on any atom is -0.467 e. The van der Waals surface area contributed by atoms with E-state index in [0.717, 1.165) is 27.9 Å². The highest BCUT2D eigenvalue weighted by Crippen LogP contribution is 2.38. The average molecular weight is 575 g/mol. The molecule has 0 aromatic heterocycles. The maximum absolute atomic E-state index is 13.3. The van der Waals surface area contributed by atoms with Gasteiger partial charge in [0.05, 0.1) is 19.1 Å². The van der Waals surface area contributed by atoms with Gasteiger partial charge in [0, 0.05) is 47.3 Å². The number of hydrogen-bond acceptors (Lipinski definition) is 13. The smallest absolute Gasteiger partial charge is 0.331 e. The summed E-state index contributed by atoms with van der Waals surface area (Å²) in [5.41, 5.74) is -2.33. The van der Waals surface area contributed by atoms with Crippen LogP contribution in [0.3, 0.4) is 0 Å². The van der Waals surface area contributed by atoms with Crippen LogP contribution >= 0.6 is 0 Å². The highest BCUT2D eigenvalue weighted by molar-refractivity contribution is 5.87. The van der Waals surface area contributed by atoms with E-state index in [1.165, 1.54) is 14.0 Å². The van der Waals surface area contributed by atoms with Crippen LogP contribution in [0.2, 0.25) is 0 Å². The van der Waals surface area contributed by atoms with Crippen LogP contribution in [0, 0.1) is 5.92 Å². The van der Waals surface area contributed by atoms with E-state index >= 15 is 0 Å². The maximum Gasteiger partial charge on any atom is 0.331 e. The fourth-order valence-electron chi connectivity index (χ4n) is 5.06. The molecule has 226 valence electrons. The Kier molecular flexibility index (Phi) is 11.8. The topological polar surface area (TPSA) is 202 Å². The van der Waals surface area contributed by atoms with Gasteiger partial charge in [-0.1, -0.05) is 6.42 Å². The SMILES string of the molecule is COC(=O)[C@H](NC(=O)C1CCCC1NC(C)=O)[C@@H]1C[C@@](O)([C@H](COC(C)=O)OC(C)=O)[C@@H](OC(C)=O)[C@@H](OC)O1. The molecule has 15 heteroatoms. The lowest BCUT2D eigenvalue weighted by molar-refractivity contribution is -0.314. The van der Waals surface area contributed by atoms with Crippen molar-refractivity contribution < 1.29 is 62.3 Å². The molecule has 0 bridgehead atoms. The molecule has 0 aromatic rings. The van der Waals surface area contributed by atoms with Gasteiger partial charge in [-0.25, -0.2) is 4.79 Å². The van der Waals surface area contributed by atoms with Crippen LogP contribution in [0.5, 0.6) is 0 Å². The second-order valence-electron chi connectivity index (χ2n) is 9.76. The van der Waals surface area contributed by atoms with Gasteiger partial charge in [-0.15, -0.1) is 0 Å². The molecule has 1 aliphatic heterocycles. The first kappa shape index (κ1) is 32.9. The summed E-state index contributed by atoms with van der Waals surface area (Å²) in [6.45, 7) is 3.92. The average Bonchev–Trinajstić information content (AvgIpc) is 3.32. The van der Waals surface area contributed by atoms with Crippen LogP contribution in [0.1, 0.15) is 53.4 Å². The summed E-state index contributed by atoms with van der Waals surface area (Å²) in [7, 11) is 2.27. The van der Waals surface area contributed by atoms with Gasteiger partial charge < -0.3 is 44.2 Å². The summed E-state index contributed by atoms with van der Waals surface area (Å²) >= 11 is 0. The molecule has 2 unspecified atom stereocenters. The molecule has 1 aliphatic carbocycles. The van der Waals surface area contributed by atoms with Crippen molar-refractivity contribution in [3.05, 3.63) is 0 Å². The first-order valence-electron chi connectivity index (χ1n) is 12.8. The Morgan fingerprint density at radius 2 is 1.68 bits per heavy atom. The van der Waals surface area contributed by atoms with Crippen molar-refractivity contribution in [1.29, 1.82) is 0 Å². The van der Waals surface area contributed by atoms with Crippen molar-refractivity contribution in [3.8, 4) is 0 Å². The van der Waals surface area contributed by atoms with Gasteiger partial charge in [-0.05, 0) is 12.8 Å². The third kappa shape index (κ3) is 8.35. The van der Waals surface area contributed by atoms with Gasteiger partial charge in [0.2, 0.25) is 11.8 Å². The number of carbonyl (C=O) groups excluding carboxylic acids is 6. The van der Waals surface area contributed by atoms with Crippen molar-refractivity contribution in [2.45, 2.75) is 95.7 Å². The zero-order valence-corrected chi connectivity index (χ0v) is 23.4. The number of esters is 4. The van der Waals surface area contributed by atoms with E-state index in [2.05, 4.69) is 10.6 Å². The highest BCUT2D eigenvalue weighted by Gasteiger charge is 2.59. The van der Waals surface area contributed by atoms with E-state index < -0.39 is 91.0 Å². The Labute approximate surface area is 231 Å². The molecule has 1 saturated carbocycles. The van der Waals surface area contributed by atoms with Crippen molar-refractivity contribution in [1.82, 2.24) is 10.6 Å². The quantitative estimate of drug-likeness (QED) is 0.198. The predicted octanol–water partition coefficient (Wildman–Crippen LogP) is -1.13. The molecule has 1 heterocycles. The fraction of sp³-hybridized carbons (Fsp3) is 0.760. The first-order valence-corrected chi connectivity index (χ1v) is 12.8. The Morgan fingerprint density at radius 3 is 2.20 bits per heavy atom. The van der Waals surface area contributed by atoms with E-state index in [1.807, 2.05) is 0 Å². The zero-order chi connectivity index (χ0) is 30.2. The largest absolute Gasteiger partial charge is 0.467 e. The lowest BCUT2D eigenvalue weighted by Crippen LogP contribution is -2.69. The number of carbonyl (C=O) groups is 6. The van der Waals surface area contributed by atoms with Crippen LogP contribution in [0.4, 0.5) is 0 Å². The van der Waals surface area contributed by atoms with Crippen LogP contribution in [-0.4, -0.2) is 104 Å². The first-order chi connectivity index (χ1) is 18.7. The summed E-state index contributed by atoms with van der Waals surface area (Å²) in [6.07, 6.45) is -4.98. The highest BCUT2D eigenvalue weighted by atomic mass is 16.7. The minimum absolute atomic E-state index is 0.307. The summed E-state index contributed by atoms with van der Waals surface area (Å²) in [6, 6.07) is -1.96. The third-order valence-corrected chi connectivity index (χ3v) is 6.77. The molecule has 2 aliphatic rings. The summed E-state index contributed by atoms with van der Waals surface area (Å²) in [5, 5.41) is 17.3. The van der Waals surface area contributed by atoms with E-state index in [9.17, 15) is 33.9 Å². The maximum atomic E-state index is 13.3. The number of ether oxygens (including phenoxy) is 6. The van der Waals surface area contributed by atoms with Gasteiger partial charge in [0.25, 0.3) is 0 Å². The lowest BCUT2D eigenvalue weighted by atomic mass is 9.80. The number of amides is 2. The molecule has 8 atom stereocenters. The molecule has 15 nitrogen and oxygen atoms in total. The summed E-state index contributed by atoms with van der Waals surface area (Å²) in [4.78, 5) is 73.2. The predicted molar refractivity (Wildman–Crippen MR) is 132 cm³/mol. The van der Waals surface area contributed by atoms with E-state index in [0.29, 0.717) is 19.3 Å². The molecule has 40 heavy (non-hydrogen) atoms. The standard InChI is InChI=1S/C25H38N2O13/c1-12(28)26-17-9-7-8-16(17)22(32)27-20(23(33)35-5)18-10-25(34,19(38-14(3)30)11-37-13(2)29)21(39-15(4)31)24(36-6)40-18/h16-21,24,34H,7-11H2,1-6H3,(H,26,28)(H,27,32)/t16?,17?,18-,19-,20+,21-,24-,25+/m0/s1. The number of nitrogens with one attached hydrogen (secondary N) is 2. The molecule has 2 amide bonds. The Balaban J connectivity index is 2.48. The molecule has 3 N–H and O–H groups in total. The van der Waals surface area contributed by atoms with Crippen LogP contribution in [-0.2, 0) is 57.2 Å². The van der Waals surface area contributed by atoms with Gasteiger partial charge in [-0.3, -0.25) is 24.0 Å². The second-order valence-corrected chi connectivity index (χ2v) is 9.76. The normalized spacial score (nSPS) is 29.3. The van der Waals surface area contributed by atoms with Crippen LogP contribution < -0.4 is 10.6 Å². The molecule has 2 fully saturated rings. The molecule has 1 saturated heterocycles. The lowest BCUT2D eigenvalue weighted by Gasteiger charge is -2.49. The van der Waals surface area contributed by atoms with Crippen molar-refractivity contribution in [2.75, 3.05) is 20.8 Å². The van der Waals surface area contributed by atoms with Crippen LogP contribution in [0.25, 0.3) is 0 Å². The number of hydrogen-bond donors (Lipinski definition) is 3. The molecule has 0 radical (unpaired) electrons. The number of rotatable bonds is 11. The van der Waals surface area contributed by atoms with Crippen molar-refractivity contribution in [2.24, 2.45) is 5.92 Å². The molecular formula is C25H38N2O13. The van der Waals surface area contributed by atoms with Gasteiger partial charge in [0.15, 0.2) is 24.5 Å². The zero-order valence-electron chi connectivity index (χ0n) is 23.4. The third-order valence-electron chi connectivity index (χ3n) is 6.77. The van der Waals surface area contributed by atoms with Crippen molar-refractivity contribution >= 4 is 35.7 Å². The van der Waals surface area contributed by atoms with Crippen molar-refractivity contribution in [3.63, 3.8) is 0 Å². The molecule has 2 rings (SSSR count).